The summed E-state index contributed by atoms with van der Waals surface area (Å²) in [5.74, 6) is -4.85. The number of nitrogens with two attached hydrogens (primary N) is 9. The first-order valence-corrected chi connectivity index (χ1v) is 29.4. The Bertz CT molecular complexity index is 2160. The summed E-state index contributed by atoms with van der Waals surface area (Å²) in [6, 6.07) is -6.95. The monoisotopic (exact) mass is 1390 g/mol. The number of amides is 1. The number of carboxylic acid groups (broad SMARTS) is 2. The first-order valence-electron chi connectivity index (χ1n) is 29.4. The molecule has 6 fully saturated rings. The van der Waals surface area contributed by atoms with Gasteiger partial charge in [-0.2, -0.15) is 0 Å². The lowest BCUT2D eigenvalue weighted by atomic mass is 9.84. The van der Waals surface area contributed by atoms with E-state index in [0.29, 0.717) is 6.61 Å². The predicted molar refractivity (Wildman–Crippen MR) is 333 cm³/mol. The molecular weight excluding hydrogens is 1280 g/mol. The molecule has 0 bridgehead atoms. The van der Waals surface area contributed by atoms with Crippen LogP contribution in [0, 0.1) is 5.92 Å². The van der Waals surface area contributed by atoms with E-state index >= 15 is 0 Å². The highest BCUT2D eigenvalue weighted by molar-refractivity contribution is 5.97. The van der Waals surface area contributed by atoms with E-state index in [2.05, 4.69) is 14.8 Å². The van der Waals surface area contributed by atoms with Crippen LogP contribution in [0.1, 0.15) is 82.1 Å². The molecule has 0 aromatic carbocycles. The van der Waals surface area contributed by atoms with E-state index < -0.39 is 220 Å². The van der Waals surface area contributed by atoms with Crippen LogP contribution < -0.4 is 56.9 Å². The third-order valence-electron chi connectivity index (χ3n) is 15.4. The van der Waals surface area contributed by atoms with Gasteiger partial charge < -0.3 is 175 Å². The van der Waals surface area contributed by atoms with Crippen molar-refractivity contribution in [1.29, 1.82) is 0 Å². The lowest BCUT2D eigenvalue weighted by Crippen LogP contribution is -2.68. The van der Waals surface area contributed by atoms with E-state index in [-0.39, 0.29) is 101 Å². The molecule has 0 spiro atoms. The number of nitrogens with one attached hydrogen (secondary N) is 1. The number of hydrogen-bond acceptors (Lipinski definition) is 36. The van der Waals surface area contributed by atoms with Crippen LogP contribution in [-0.4, -0.2) is 329 Å². The minimum Gasteiger partial charge on any atom is -0.481 e. The van der Waals surface area contributed by atoms with Crippen molar-refractivity contribution in [3.63, 3.8) is 0 Å². The third kappa shape index (κ3) is 28.0. The van der Waals surface area contributed by atoms with Crippen LogP contribution in [0.25, 0.3) is 0 Å². The van der Waals surface area contributed by atoms with Crippen molar-refractivity contribution in [3.8, 4) is 0 Å². The van der Waals surface area contributed by atoms with Crippen LogP contribution in [0.4, 0.5) is 0 Å². The fourth-order valence-electron chi connectivity index (χ4n) is 10.2. The van der Waals surface area contributed by atoms with Gasteiger partial charge in [-0.25, -0.2) is 0 Å². The molecule has 0 aromatic rings. The standard InChI is InChI=1S/C25H47N5O13.C18H37N5O9.C7H12O5.C2H4O2.4CH4/c1-9(23(37)39-4-3-38-2)22(36)30-7-14-13(32)6-12(28)24(40-14)42-20-10(26)5-11(27)21(19(20)35)43-25-18(34)16(29)17(33)15(8-31)41-25;19-3-9-8(25)2-7(22)17(29-9)31-15-5(20)1-6(21)16(14(15)28)32-18-13(27)11(23)12(26)10(4-24)30-18;1-11-4-5-12-7(10)3-2-6(8)9;1-2(3)4;;;;/h9-21,24-25,31-35H,3-8,26-29H2,1-2H3,(H,30,36);5-18,24-28H,1-4,19-23H2;2-5H2,1H3,(H,8,9);1H3,(H,3,4);4*1H4/t9?,10?,11-,12+,13+,14?,15-,16-,17?,18-,19?,20-,21-,24-,25?;5?,6-,7+,8+,9?,10-,11?,12-,13-,14?,15-,16-,17-,18?;;;;;;/m11....../s1. The summed E-state index contributed by atoms with van der Waals surface area (Å²) in [5, 5.41) is 121. The topological polar surface area (TPSA) is 685 Å². The van der Waals surface area contributed by atoms with Gasteiger partial charge in [0.15, 0.2) is 25.2 Å². The molecule has 4 aliphatic heterocycles. The summed E-state index contributed by atoms with van der Waals surface area (Å²) in [6.07, 6.45) is -23.4. The van der Waals surface area contributed by atoms with E-state index in [4.69, 9.17) is 114 Å². The normalized spacial score (nSPS) is 38.5. The van der Waals surface area contributed by atoms with Crippen molar-refractivity contribution >= 4 is 29.8 Å². The van der Waals surface area contributed by atoms with Crippen molar-refractivity contribution in [2.75, 3.05) is 67.0 Å². The molecule has 29 atom stereocenters. The lowest BCUT2D eigenvalue weighted by Gasteiger charge is -2.47. The van der Waals surface area contributed by atoms with Gasteiger partial charge in [0.05, 0.1) is 81.7 Å². The lowest BCUT2D eigenvalue weighted by molar-refractivity contribution is -0.315. The van der Waals surface area contributed by atoms with Crippen molar-refractivity contribution in [2.24, 2.45) is 57.5 Å². The molecule has 31 N–H and O–H groups in total. The maximum Gasteiger partial charge on any atom is 0.318 e. The van der Waals surface area contributed by atoms with Crippen LogP contribution in [-0.2, 0) is 80.8 Å². The number of carbonyl (C=O) groups is 5. The maximum absolute atomic E-state index is 12.5. The predicted octanol–water partition coefficient (Wildman–Crippen LogP) is -9.93. The van der Waals surface area contributed by atoms with Crippen LogP contribution in [0.2, 0.25) is 0 Å². The minimum absolute atomic E-state index is 0. The van der Waals surface area contributed by atoms with Crippen molar-refractivity contribution in [1.82, 2.24) is 5.32 Å². The Kier molecular flexibility index (Phi) is 44.9. The Labute approximate surface area is 553 Å². The molecule has 2 saturated carbocycles. The van der Waals surface area contributed by atoms with Crippen molar-refractivity contribution < 1.29 is 142 Å². The summed E-state index contributed by atoms with van der Waals surface area (Å²) in [5.41, 5.74) is 54.2. The molecular formula is C56H116N10O29. The molecule has 564 valence electrons. The van der Waals surface area contributed by atoms with E-state index in [1.54, 1.807) is 0 Å². The molecule has 0 radical (unpaired) electrons. The molecule has 1 amide bonds. The number of aliphatic hydroxyl groups excluding tert-OH is 10. The van der Waals surface area contributed by atoms with Gasteiger partial charge in [0.2, 0.25) is 5.91 Å². The zero-order chi connectivity index (χ0) is 68.7. The Balaban J connectivity index is 0. The number of hydrogen-bond donors (Lipinski definition) is 22. The summed E-state index contributed by atoms with van der Waals surface area (Å²) in [6.45, 7) is 1.85. The molecule has 11 unspecified atom stereocenters. The van der Waals surface area contributed by atoms with Gasteiger partial charge in [0.25, 0.3) is 5.97 Å². The molecule has 6 rings (SSSR count). The number of ether oxygens (including phenoxy) is 12. The SMILES string of the molecule is C.C.C.C.CC(=O)O.COCCOC(=O)C(C)C(=O)NCC1O[C@H](O[C@@H]2C(N)C[C@@H](N)[C@@H](OC3O[C@H](CO)C(O)[C@@H](N)[C@H]3O)C2O)[C@@H](N)C[C@@H]1O.COCCOC(=O)CCC(=O)O.NCC1O[C@H](O[C@@H]2C(N)C[C@@H](N)[C@@H](OC3O[C@H](CO)[C@@H](O)C(N)[C@H]3O)C2O)[C@@H](N)C[C@@H]1O. The molecule has 6 aliphatic rings. The summed E-state index contributed by atoms with van der Waals surface area (Å²) >= 11 is 0. The Hall–Kier alpha value is -3.81. The number of aliphatic hydroxyl groups is 10. The zero-order valence-corrected chi connectivity index (χ0v) is 51.1. The molecule has 39 nitrogen and oxygen atoms in total. The van der Waals surface area contributed by atoms with E-state index in [1.165, 1.54) is 21.1 Å². The Morgan fingerprint density at radius 3 is 1.19 bits per heavy atom. The second-order valence-corrected chi connectivity index (χ2v) is 22.6. The zero-order valence-electron chi connectivity index (χ0n) is 51.1. The molecule has 95 heavy (non-hydrogen) atoms. The Morgan fingerprint density at radius 2 is 0.832 bits per heavy atom. The molecule has 4 saturated heterocycles. The van der Waals surface area contributed by atoms with Crippen LogP contribution in [0.5, 0.6) is 0 Å². The number of esters is 2. The number of carboxylic acids is 2. The summed E-state index contributed by atoms with van der Waals surface area (Å²) in [4.78, 5) is 54.2. The highest BCUT2D eigenvalue weighted by Crippen LogP contribution is 2.33. The number of rotatable bonds is 24. The fraction of sp³-hybridized carbons (Fsp3) is 0.911. The van der Waals surface area contributed by atoms with Crippen molar-refractivity contribution in [2.45, 2.75) is 253 Å². The van der Waals surface area contributed by atoms with Gasteiger partial charge in [-0.3, -0.25) is 24.0 Å². The van der Waals surface area contributed by atoms with Crippen molar-refractivity contribution in [3.05, 3.63) is 0 Å². The van der Waals surface area contributed by atoms with E-state index in [9.17, 15) is 70.2 Å². The molecule has 2 aliphatic carbocycles. The van der Waals surface area contributed by atoms with Gasteiger partial charge in [-0.05, 0) is 32.6 Å². The van der Waals surface area contributed by atoms with Gasteiger partial charge in [-0.15, -0.1) is 0 Å². The van der Waals surface area contributed by atoms with Crippen LogP contribution in [0.3, 0.4) is 0 Å². The summed E-state index contributed by atoms with van der Waals surface area (Å²) < 4.78 is 64.8. The molecule has 4 heterocycles. The maximum atomic E-state index is 12.5. The fourth-order valence-corrected chi connectivity index (χ4v) is 10.2. The average molecular weight is 1390 g/mol. The quantitative estimate of drug-likeness (QED) is 0.0242. The average Bonchev–Trinajstić information content (AvgIpc) is 0.794. The highest BCUT2D eigenvalue weighted by atomic mass is 16.7. The van der Waals surface area contributed by atoms with E-state index in [0.717, 1.165) is 6.92 Å². The third-order valence-corrected chi connectivity index (χ3v) is 15.4. The molecule has 39 heteroatoms. The number of carbonyl (C=O) groups excluding carboxylic acids is 3. The Morgan fingerprint density at radius 1 is 0.484 bits per heavy atom. The number of aliphatic carboxylic acids is 2. The van der Waals surface area contributed by atoms with Gasteiger partial charge in [0.1, 0.15) is 98.5 Å². The second kappa shape index (κ2) is 45.8. The van der Waals surface area contributed by atoms with Gasteiger partial charge >= 0.3 is 17.9 Å². The van der Waals surface area contributed by atoms with E-state index in [1.807, 2.05) is 0 Å². The van der Waals surface area contributed by atoms with Gasteiger partial charge in [-0.1, -0.05) is 29.7 Å². The van der Waals surface area contributed by atoms with Crippen LogP contribution >= 0.6 is 0 Å². The summed E-state index contributed by atoms with van der Waals surface area (Å²) in [7, 11) is 2.94. The first-order chi connectivity index (χ1) is 42.8. The second-order valence-electron chi connectivity index (χ2n) is 22.6. The van der Waals surface area contributed by atoms with Crippen LogP contribution in [0.15, 0.2) is 0 Å². The first kappa shape index (κ1) is 93.2. The minimum atomic E-state index is -1.50. The highest BCUT2D eigenvalue weighted by Gasteiger charge is 2.53. The molecule has 0 aromatic heterocycles. The van der Waals surface area contributed by atoms with Gasteiger partial charge in [0, 0.05) is 58.4 Å². The smallest absolute Gasteiger partial charge is 0.318 e. The number of methoxy groups -OCH3 is 2. The largest absolute Gasteiger partial charge is 0.481 e.